The lowest BCUT2D eigenvalue weighted by molar-refractivity contribution is -0.143. The highest BCUT2D eigenvalue weighted by molar-refractivity contribution is 6.00. The van der Waals surface area contributed by atoms with Gasteiger partial charge >= 0.3 is 12.4 Å². The molecule has 0 radical (unpaired) electrons. The lowest BCUT2D eigenvalue weighted by Crippen LogP contribution is -2.19. The van der Waals surface area contributed by atoms with E-state index in [4.69, 9.17) is 0 Å². The van der Waals surface area contributed by atoms with E-state index < -0.39 is 35.7 Å². The number of hydrogen-bond donors (Lipinski definition) is 1. The molecule has 154 valence electrons. The molecule has 0 aliphatic carbocycles. The zero-order valence-electron chi connectivity index (χ0n) is 15.0. The van der Waals surface area contributed by atoms with Crippen molar-refractivity contribution in [2.75, 3.05) is 13.1 Å². The molecule has 0 saturated heterocycles. The van der Waals surface area contributed by atoms with E-state index in [0.717, 1.165) is 5.56 Å². The Hall–Kier alpha value is -2.84. The second kappa shape index (κ2) is 7.88. The van der Waals surface area contributed by atoms with Gasteiger partial charge in [0, 0.05) is 24.9 Å². The maximum absolute atomic E-state index is 12.9. The normalized spacial score (nSPS) is 14.5. The topological polar surface area (TPSA) is 41.5 Å². The van der Waals surface area contributed by atoms with Crippen LogP contribution in [0.15, 0.2) is 47.5 Å². The maximum Gasteiger partial charge on any atom is 0.416 e. The monoisotopic (exact) mass is 414 g/mol. The molecule has 1 N–H and O–H groups in total. The Kier molecular flexibility index (Phi) is 5.68. The first-order chi connectivity index (χ1) is 13.5. The highest BCUT2D eigenvalue weighted by Gasteiger charge is 2.37. The SMILES string of the molecule is O=C(Cc1cccc(C2=NCCN2)c1)Cc1cc(C(F)(F)F)cc(C(F)(F)F)c1. The number of rotatable bonds is 5. The molecule has 0 aromatic heterocycles. The van der Waals surface area contributed by atoms with Crippen molar-refractivity contribution in [2.24, 2.45) is 4.99 Å². The standard InChI is InChI=1S/C20H16F6N2O/c21-19(22,23)15-7-13(8-16(11-15)20(24,25)26)10-17(29)9-12-2-1-3-14(6-12)18-27-4-5-28-18/h1-3,6-8,11H,4-5,9-10H2,(H,27,28). The molecule has 0 amide bonds. The van der Waals surface area contributed by atoms with Crippen molar-refractivity contribution in [1.29, 1.82) is 0 Å². The molecule has 9 heteroatoms. The van der Waals surface area contributed by atoms with E-state index in [1.165, 1.54) is 0 Å². The van der Waals surface area contributed by atoms with Crippen molar-refractivity contribution >= 4 is 11.6 Å². The first-order valence-corrected chi connectivity index (χ1v) is 8.70. The Labute approximate surface area is 162 Å². The molecule has 2 aromatic rings. The van der Waals surface area contributed by atoms with Crippen LogP contribution in [0.25, 0.3) is 0 Å². The van der Waals surface area contributed by atoms with Gasteiger partial charge in [0.1, 0.15) is 11.6 Å². The molecule has 0 spiro atoms. The Bertz CT molecular complexity index is 914. The van der Waals surface area contributed by atoms with Gasteiger partial charge in [-0.3, -0.25) is 9.79 Å². The van der Waals surface area contributed by atoms with Crippen LogP contribution in [0.3, 0.4) is 0 Å². The van der Waals surface area contributed by atoms with Crippen LogP contribution in [-0.2, 0) is 30.0 Å². The Morgan fingerprint density at radius 3 is 2.07 bits per heavy atom. The molecule has 0 saturated carbocycles. The fourth-order valence-corrected chi connectivity index (χ4v) is 3.06. The van der Waals surface area contributed by atoms with Gasteiger partial charge in [-0.25, -0.2) is 0 Å². The largest absolute Gasteiger partial charge is 0.416 e. The number of carbonyl (C=O) groups is 1. The Morgan fingerprint density at radius 1 is 0.897 bits per heavy atom. The molecule has 0 fully saturated rings. The molecular formula is C20H16F6N2O. The average molecular weight is 414 g/mol. The number of carbonyl (C=O) groups excluding carboxylic acids is 1. The summed E-state index contributed by atoms with van der Waals surface area (Å²) in [6, 6.07) is 8.13. The summed E-state index contributed by atoms with van der Waals surface area (Å²) in [5.74, 6) is 0.197. The van der Waals surface area contributed by atoms with Crippen molar-refractivity contribution < 1.29 is 31.1 Å². The Balaban J connectivity index is 1.79. The van der Waals surface area contributed by atoms with Crippen molar-refractivity contribution in [1.82, 2.24) is 5.32 Å². The molecule has 29 heavy (non-hydrogen) atoms. The molecule has 0 unspecified atom stereocenters. The maximum atomic E-state index is 12.9. The first-order valence-electron chi connectivity index (χ1n) is 8.70. The first kappa shape index (κ1) is 20.9. The van der Waals surface area contributed by atoms with Crippen molar-refractivity contribution in [3.05, 3.63) is 70.3 Å². The summed E-state index contributed by atoms with van der Waals surface area (Å²) in [4.78, 5) is 16.6. The van der Waals surface area contributed by atoms with E-state index in [1.807, 2.05) is 0 Å². The summed E-state index contributed by atoms with van der Waals surface area (Å²) < 4.78 is 77.7. The third-order valence-corrected chi connectivity index (χ3v) is 4.32. The highest BCUT2D eigenvalue weighted by Crippen LogP contribution is 2.36. The molecule has 1 aliphatic heterocycles. The second-order valence-corrected chi connectivity index (χ2v) is 6.66. The van der Waals surface area contributed by atoms with Crippen molar-refractivity contribution in [2.45, 2.75) is 25.2 Å². The number of hydrogen-bond acceptors (Lipinski definition) is 3. The van der Waals surface area contributed by atoms with E-state index in [-0.39, 0.29) is 18.1 Å². The zero-order chi connectivity index (χ0) is 21.2. The molecule has 0 atom stereocenters. The summed E-state index contributed by atoms with van der Waals surface area (Å²) in [6.07, 6.45) is -10.5. The van der Waals surface area contributed by atoms with Crippen molar-refractivity contribution in [3.8, 4) is 0 Å². The van der Waals surface area contributed by atoms with Crippen LogP contribution >= 0.6 is 0 Å². The van der Waals surface area contributed by atoms with Gasteiger partial charge in [-0.05, 0) is 35.4 Å². The van der Waals surface area contributed by atoms with E-state index in [1.54, 1.807) is 24.3 Å². The van der Waals surface area contributed by atoms with E-state index >= 15 is 0 Å². The third kappa shape index (κ3) is 5.36. The van der Waals surface area contributed by atoms with Gasteiger partial charge in [0.15, 0.2) is 0 Å². The number of nitrogens with one attached hydrogen (secondary N) is 1. The molecule has 1 aliphatic rings. The summed E-state index contributed by atoms with van der Waals surface area (Å²) in [7, 11) is 0. The van der Waals surface area contributed by atoms with Gasteiger partial charge in [0.05, 0.1) is 17.7 Å². The number of benzene rings is 2. The van der Waals surface area contributed by atoms with Crippen LogP contribution in [0, 0.1) is 0 Å². The number of nitrogens with zero attached hydrogens (tertiary/aromatic N) is 1. The van der Waals surface area contributed by atoms with E-state index in [9.17, 15) is 31.1 Å². The lowest BCUT2D eigenvalue weighted by Gasteiger charge is -2.14. The quantitative estimate of drug-likeness (QED) is 0.736. The number of alkyl halides is 6. The highest BCUT2D eigenvalue weighted by atomic mass is 19.4. The number of ketones is 1. The average Bonchev–Trinajstić information content (AvgIpc) is 3.15. The van der Waals surface area contributed by atoms with Crippen LogP contribution in [0.4, 0.5) is 26.3 Å². The molecular weight excluding hydrogens is 398 g/mol. The molecule has 3 rings (SSSR count). The molecule has 2 aromatic carbocycles. The number of halogens is 6. The summed E-state index contributed by atoms with van der Waals surface area (Å²) in [5.41, 5.74) is -1.81. The minimum Gasteiger partial charge on any atom is -0.368 e. The lowest BCUT2D eigenvalue weighted by atomic mass is 9.98. The van der Waals surface area contributed by atoms with E-state index in [2.05, 4.69) is 10.3 Å². The summed E-state index contributed by atoms with van der Waals surface area (Å²) in [5, 5.41) is 3.09. The molecule has 3 nitrogen and oxygen atoms in total. The smallest absolute Gasteiger partial charge is 0.368 e. The van der Waals surface area contributed by atoms with Crippen LogP contribution in [0.5, 0.6) is 0 Å². The van der Waals surface area contributed by atoms with Gasteiger partial charge in [0.2, 0.25) is 0 Å². The minimum atomic E-state index is -4.94. The summed E-state index contributed by atoms with van der Waals surface area (Å²) in [6.45, 7) is 1.34. The predicted octanol–water partition coefficient (Wildman–Crippen LogP) is 4.43. The number of amidine groups is 1. The number of Topliss-reactive ketones (excluding diaryl/α,β-unsaturated/α-hetero) is 1. The van der Waals surface area contributed by atoms with E-state index in [0.29, 0.717) is 36.6 Å². The van der Waals surface area contributed by atoms with Crippen LogP contribution in [0.2, 0.25) is 0 Å². The third-order valence-electron chi connectivity index (χ3n) is 4.32. The fourth-order valence-electron chi connectivity index (χ4n) is 3.06. The van der Waals surface area contributed by atoms with Gasteiger partial charge in [0.25, 0.3) is 0 Å². The van der Waals surface area contributed by atoms with Gasteiger partial charge < -0.3 is 5.32 Å². The van der Waals surface area contributed by atoms with Gasteiger partial charge in [-0.15, -0.1) is 0 Å². The molecule has 0 bridgehead atoms. The second-order valence-electron chi connectivity index (χ2n) is 6.66. The Morgan fingerprint density at radius 2 is 1.52 bits per heavy atom. The minimum absolute atomic E-state index is 0.0484. The van der Waals surface area contributed by atoms with Crippen LogP contribution in [0.1, 0.15) is 27.8 Å². The predicted molar refractivity (Wildman–Crippen MR) is 94.7 cm³/mol. The summed E-state index contributed by atoms with van der Waals surface area (Å²) >= 11 is 0. The van der Waals surface area contributed by atoms with Gasteiger partial charge in [-0.1, -0.05) is 18.2 Å². The number of aliphatic imine (C=N–C) groups is 1. The van der Waals surface area contributed by atoms with Crippen LogP contribution in [-0.4, -0.2) is 24.7 Å². The van der Waals surface area contributed by atoms with Crippen molar-refractivity contribution in [3.63, 3.8) is 0 Å². The molecule has 1 heterocycles. The van der Waals surface area contributed by atoms with Gasteiger partial charge in [-0.2, -0.15) is 26.3 Å². The fraction of sp³-hybridized carbons (Fsp3) is 0.300. The van der Waals surface area contributed by atoms with Crippen LogP contribution < -0.4 is 5.32 Å². The zero-order valence-corrected chi connectivity index (χ0v) is 15.0.